The number of ether oxygens (including phenoxy) is 1. The summed E-state index contributed by atoms with van der Waals surface area (Å²) in [6.45, 7) is 10.4. The second-order valence-electron chi connectivity index (χ2n) is 5.53. The Morgan fingerprint density at radius 2 is 1.74 bits per heavy atom. The van der Waals surface area contributed by atoms with E-state index < -0.39 is 38.8 Å². The van der Waals surface area contributed by atoms with Crippen molar-refractivity contribution < 1.29 is 23.9 Å². The number of amides is 1. The molecule has 0 bridgehead atoms. The average molecular weight is 290 g/mol. The summed E-state index contributed by atoms with van der Waals surface area (Å²) in [6.07, 6.45) is -1.66. The second kappa shape index (κ2) is 6.90. The van der Waals surface area contributed by atoms with Crippen LogP contribution in [0.15, 0.2) is 0 Å². The van der Waals surface area contributed by atoms with Gasteiger partial charge in [-0.15, -0.1) is 0 Å². The van der Waals surface area contributed by atoms with E-state index in [9.17, 15) is 14.7 Å². The molecule has 1 amide bonds. The number of esters is 1. The lowest BCUT2D eigenvalue weighted by Crippen LogP contribution is -2.59. The number of aliphatic hydroxyl groups is 1. The van der Waals surface area contributed by atoms with Crippen molar-refractivity contribution in [3.63, 3.8) is 0 Å². The lowest BCUT2D eigenvalue weighted by atomic mass is 10.0. The predicted molar refractivity (Wildman–Crippen MR) is 73.0 cm³/mol. The van der Waals surface area contributed by atoms with Crippen LogP contribution in [0.1, 0.15) is 27.7 Å². The zero-order valence-electron chi connectivity index (χ0n) is 12.7. The second-order valence-corrected chi connectivity index (χ2v) is 7.55. The Labute approximate surface area is 116 Å². The van der Waals surface area contributed by atoms with Gasteiger partial charge in [-0.1, -0.05) is 0 Å². The fourth-order valence-electron chi connectivity index (χ4n) is 1.67. The van der Waals surface area contributed by atoms with E-state index in [2.05, 4.69) is 4.74 Å². The summed E-state index contributed by atoms with van der Waals surface area (Å²) in [5.74, 6) is -0.664. The third-order valence-electron chi connectivity index (χ3n) is 2.39. The summed E-state index contributed by atoms with van der Waals surface area (Å²) in [4.78, 5) is 25.2. The Balaban J connectivity index is 5.44. The highest BCUT2D eigenvalue weighted by atomic mass is 28.3. The largest absolute Gasteiger partial charge is 0.502 e. The summed E-state index contributed by atoms with van der Waals surface area (Å²) in [7, 11) is -0.0321. The van der Waals surface area contributed by atoms with E-state index in [0.717, 1.165) is 0 Å². The van der Waals surface area contributed by atoms with Gasteiger partial charge < -0.3 is 14.3 Å². The molecule has 1 N–H and O–H groups in total. The first-order chi connectivity index (χ1) is 8.52. The monoisotopic (exact) mass is 290 g/mol. The number of methoxy groups -OCH3 is 1. The Morgan fingerprint density at radius 3 is 2.00 bits per heavy atom. The maximum absolute atomic E-state index is 12.2. The molecule has 0 aromatic rings. The fraction of sp³-hybridized carbons (Fsp3) is 0.833. The Kier molecular flexibility index (Phi) is 6.51. The molecule has 19 heavy (non-hydrogen) atoms. The third kappa shape index (κ3) is 5.20. The van der Waals surface area contributed by atoms with Crippen molar-refractivity contribution in [1.29, 1.82) is 0 Å². The van der Waals surface area contributed by atoms with Crippen LogP contribution in [0, 0.1) is 0 Å². The van der Waals surface area contributed by atoms with E-state index in [0.29, 0.717) is 0 Å². The lowest BCUT2D eigenvalue weighted by molar-refractivity contribution is -0.152. The molecule has 0 aromatic carbocycles. The molecule has 0 aromatic heterocycles. The molecule has 0 aliphatic rings. The zero-order chi connectivity index (χ0) is 15.4. The summed E-state index contributed by atoms with van der Waals surface area (Å²) < 4.78 is 9.90. The average Bonchev–Trinajstić information content (AvgIpc) is 2.20. The van der Waals surface area contributed by atoms with E-state index in [1.165, 1.54) is 18.9 Å². The molecule has 0 rings (SSSR count). The molecule has 6 nitrogen and oxygen atoms in total. The minimum absolute atomic E-state index is 0.609. The number of nitrogens with zero attached hydrogens (tertiary/aromatic N) is 1. The molecular weight excluding hydrogens is 266 g/mol. The molecule has 2 atom stereocenters. The van der Waals surface area contributed by atoms with Gasteiger partial charge in [-0.3, -0.25) is 4.90 Å². The van der Waals surface area contributed by atoms with Crippen molar-refractivity contribution in [3.8, 4) is 0 Å². The van der Waals surface area contributed by atoms with Gasteiger partial charge in [-0.25, -0.2) is 9.59 Å². The van der Waals surface area contributed by atoms with Crippen molar-refractivity contribution in [2.24, 2.45) is 0 Å². The molecule has 111 valence electrons. The Hall–Kier alpha value is -1.08. The summed E-state index contributed by atoms with van der Waals surface area (Å²) in [5.41, 5.74) is -0.676. The van der Waals surface area contributed by atoms with Crippen molar-refractivity contribution in [3.05, 3.63) is 0 Å². The van der Waals surface area contributed by atoms with Gasteiger partial charge in [0.2, 0.25) is 0 Å². The normalized spacial score (nSPS) is 14.8. The molecule has 0 fully saturated rings. The van der Waals surface area contributed by atoms with E-state index in [4.69, 9.17) is 4.43 Å². The summed E-state index contributed by atoms with van der Waals surface area (Å²) >= 11 is 0. The number of carbonyl (C=O) groups excluding carboxylic acids is 2. The molecule has 0 saturated carbocycles. The van der Waals surface area contributed by atoms with Crippen molar-refractivity contribution >= 4 is 21.1 Å². The maximum atomic E-state index is 12.2. The van der Waals surface area contributed by atoms with Crippen LogP contribution >= 0.6 is 0 Å². The third-order valence-corrected chi connectivity index (χ3v) is 2.97. The number of rotatable bonds is 4. The molecule has 1 radical (unpaired) electrons. The van der Waals surface area contributed by atoms with Gasteiger partial charge in [0, 0.05) is 5.54 Å². The van der Waals surface area contributed by atoms with Crippen molar-refractivity contribution in [2.75, 3.05) is 7.11 Å². The van der Waals surface area contributed by atoms with Gasteiger partial charge in [0.15, 0.2) is 6.04 Å². The molecule has 0 spiro atoms. The van der Waals surface area contributed by atoms with Crippen LogP contribution in [0.3, 0.4) is 0 Å². The maximum Gasteiger partial charge on any atom is 0.397 e. The van der Waals surface area contributed by atoms with Gasteiger partial charge in [0.1, 0.15) is 0 Å². The highest BCUT2D eigenvalue weighted by molar-refractivity contribution is 6.50. The van der Waals surface area contributed by atoms with Gasteiger partial charge in [-0.05, 0) is 40.8 Å². The number of aliphatic hydroxyl groups excluding tert-OH is 1. The number of hydrogen-bond acceptors (Lipinski definition) is 5. The van der Waals surface area contributed by atoms with Crippen molar-refractivity contribution in [2.45, 2.75) is 58.5 Å². The minimum Gasteiger partial charge on any atom is -0.502 e. The highest BCUT2D eigenvalue weighted by Gasteiger charge is 2.42. The first-order valence-corrected chi connectivity index (χ1v) is 8.50. The van der Waals surface area contributed by atoms with Gasteiger partial charge in [-0.2, -0.15) is 0 Å². The van der Waals surface area contributed by atoms with E-state index in [1.54, 1.807) is 20.8 Å². The minimum atomic E-state index is -1.25. The van der Waals surface area contributed by atoms with Gasteiger partial charge in [0.05, 0.1) is 13.2 Å². The summed E-state index contributed by atoms with van der Waals surface area (Å²) in [6, 6.07) is -1.08. The van der Waals surface area contributed by atoms with Crippen LogP contribution in [0.4, 0.5) is 4.79 Å². The molecule has 0 aliphatic carbocycles. The van der Waals surface area contributed by atoms with Gasteiger partial charge >= 0.3 is 12.1 Å². The number of carbonyl (C=O) groups is 2. The zero-order valence-corrected chi connectivity index (χ0v) is 13.7. The molecule has 2 unspecified atom stereocenters. The standard InChI is InChI=1S/C12H24NO5Si/c1-8(14)9(10(15)17-5)13(12(2,3)4)11(16)18-19(6)7/h8-9,14H,1-7H3. The van der Waals surface area contributed by atoms with Crippen LogP contribution in [-0.4, -0.2) is 55.9 Å². The SMILES string of the molecule is COC(=O)C(C(C)O)N(C(=O)O[Si](C)C)C(C)(C)C. The van der Waals surface area contributed by atoms with Crippen LogP contribution < -0.4 is 0 Å². The van der Waals surface area contributed by atoms with E-state index in [1.807, 2.05) is 13.1 Å². The molecular formula is C12H24NO5Si. The lowest BCUT2D eigenvalue weighted by Gasteiger charge is -2.40. The van der Waals surface area contributed by atoms with Gasteiger partial charge in [0.25, 0.3) is 9.04 Å². The predicted octanol–water partition coefficient (Wildman–Crippen LogP) is 1.40. The first kappa shape index (κ1) is 17.9. The quantitative estimate of drug-likeness (QED) is 0.625. The summed E-state index contributed by atoms with van der Waals surface area (Å²) in [5, 5.41) is 9.79. The fourth-order valence-corrected chi connectivity index (χ4v) is 2.11. The van der Waals surface area contributed by atoms with Crippen LogP contribution in [0.25, 0.3) is 0 Å². The van der Waals surface area contributed by atoms with Crippen LogP contribution in [0.2, 0.25) is 13.1 Å². The van der Waals surface area contributed by atoms with Crippen LogP contribution in [0.5, 0.6) is 0 Å². The number of hydrogen-bond donors (Lipinski definition) is 1. The topological polar surface area (TPSA) is 76.1 Å². The molecule has 0 saturated heterocycles. The molecule has 7 heteroatoms. The van der Waals surface area contributed by atoms with E-state index in [-0.39, 0.29) is 0 Å². The smallest absolute Gasteiger partial charge is 0.397 e. The Morgan fingerprint density at radius 1 is 1.26 bits per heavy atom. The molecule has 0 heterocycles. The highest BCUT2D eigenvalue weighted by Crippen LogP contribution is 2.22. The molecule has 0 aliphatic heterocycles. The van der Waals surface area contributed by atoms with E-state index >= 15 is 0 Å². The van der Waals surface area contributed by atoms with Crippen LogP contribution in [-0.2, 0) is 14.0 Å². The van der Waals surface area contributed by atoms with Crippen molar-refractivity contribution in [1.82, 2.24) is 4.90 Å². The first-order valence-electron chi connectivity index (χ1n) is 6.09. The Bertz CT molecular complexity index is 325.